The van der Waals surface area contributed by atoms with Crippen LogP contribution in [-0.2, 0) is 6.42 Å². The highest BCUT2D eigenvalue weighted by molar-refractivity contribution is 5.90. The maximum atomic E-state index is 5.74. The maximum absolute atomic E-state index is 5.74. The number of aromatic amines is 1. The van der Waals surface area contributed by atoms with E-state index in [0.717, 1.165) is 35.4 Å². The minimum absolute atomic E-state index is 0.239. The van der Waals surface area contributed by atoms with Crippen LogP contribution >= 0.6 is 0 Å². The van der Waals surface area contributed by atoms with Crippen LogP contribution in [0, 0.1) is 0 Å². The number of aromatic nitrogens is 4. The van der Waals surface area contributed by atoms with E-state index in [2.05, 4.69) is 26.2 Å². The van der Waals surface area contributed by atoms with Gasteiger partial charge in [-0.25, -0.2) is 4.98 Å². The number of anilines is 1. The van der Waals surface area contributed by atoms with E-state index in [1.54, 1.807) is 6.20 Å². The topological polar surface area (TPSA) is 89.7 Å². The summed E-state index contributed by atoms with van der Waals surface area (Å²) < 4.78 is 5.51. The molecule has 0 amide bonds. The molecule has 0 spiro atoms. The minimum atomic E-state index is 0.239. The Morgan fingerprint density at radius 3 is 3.16 bits per heavy atom. The van der Waals surface area contributed by atoms with Gasteiger partial charge in [-0.3, -0.25) is 5.10 Å². The van der Waals surface area contributed by atoms with E-state index >= 15 is 0 Å². The molecule has 3 heterocycles. The van der Waals surface area contributed by atoms with Gasteiger partial charge in [0.1, 0.15) is 5.75 Å². The molecule has 0 unspecified atom stereocenters. The van der Waals surface area contributed by atoms with Gasteiger partial charge in [-0.2, -0.15) is 10.1 Å². The van der Waals surface area contributed by atoms with Crippen molar-refractivity contribution >= 4 is 17.0 Å². The van der Waals surface area contributed by atoms with E-state index in [0.29, 0.717) is 5.65 Å². The highest BCUT2D eigenvalue weighted by Crippen LogP contribution is 2.32. The Bertz CT molecular complexity index is 780. The molecule has 3 aromatic rings. The Morgan fingerprint density at radius 1 is 1.26 bits per heavy atom. The molecule has 0 radical (unpaired) electrons. The van der Waals surface area contributed by atoms with Gasteiger partial charge >= 0.3 is 0 Å². The predicted molar refractivity (Wildman–Crippen MR) is 70.7 cm³/mol. The zero-order valence-corrected chi connectivity index (χ0v) is 10.1. The van der Waals surface area contributed by atoms with Gasteiger partial charge in [0.15, 0.2) is 5.65 Å². The second-order valence-corrected chi connectivity index (χ2v) is 4.48. The molecule has 19 heavy (non-hydrogen) atoms. The number of hydrogen-bond acceptors (Lipinski definition) is 5. The second kappa shape index (κ2) is 3.68. The monoisotopic (exact) mass is 253 g/mol. The summed E-state index contributed by atoms with van der Waals surface area (Å²) in [5.74, 6) is 1.19. The first kappa shape index (κ1) is 10.3. The summed E-state index contributed by atoms with van der Waals surface area (Å²) in [5, 5.41) is 7.68. The summed E-state index contributed by atoms with van der Waals surface area (Å²) in [6, 6.07) is 6.05. The van der Waals surface area contributed by atoms with Gasteiger partial charge < -0.3 is 10.5 Å². The lowest BCUT2D eigenvalue weighted by Crippen LogP contribution is -1.97. The largest absolute Gasteiger partial charge is 0.493 e. The maximum Gasteiger partial charge on any atom is 0.222 e. The van der Waals surface area contributed by atoms with Gasteiger partial charge in [-0.05, 0) is 23.8 Å². The number of nitrogen functional groups attached to an aromatic ring is 1. The van der Waals surface area contributed by atoms with Crippen molar-refractivity contribution in [2.75, 3.05) is 12.3 Å². The molecular formula is C13H11N5O. The number of benzene rings is 1. The van der Waals surface area contributed by atoms with E-state index in [4.69, 9.17) is 10.5 Å². The third kappa shape index (κ3) is 1.53. The zero-order valence-electron chi connectivity index (χ0n) is 10.1. The Balaban J connectivity index is 1.96. The van der Waals surface area contributed by atoms with Gasteiger partial charge in [-0.1, -0.05) is 0 Å². The highest BCUT2D eigenvalue weighted by Gasteiger charge is 2.15. The lowest BCUT2D eigenvalue weighted by molar-refractivity contribution is 0.357. The van der Waals surface area contributed by atoms with E-state index in [-0.39, 0.29) is 5.95 Å². The molecule has 94 valence electrons. The molecule has 1 aromatic carbocycles. The summed E-state index contributed by atoms with van der Waals surface area (Å²) in [7, 11) is 0. The van der Waals surface area contributed by atoms with Crippen molar-refractivity contribution in [3.05, 3.63) is 30.0 Å². The first-order valence-electron chi connectivity index (χ1n) is 6.04. The van der Waals surface area contributed by atoms with Gasteiger partial charge in [0.2, 0.25) is 5.95 Å². The van der Waals surface area contributed by atoms with Crippen molar-refractivity contribution in [1.82, 2.24) is 20.2 Å². The smallest absolute Gasteiger partial charge is 0.222 e. The summed E-state index contributed by atoms with van der Waals surface area (Å²) in [6.45, 7) is 0.742. The minimum Gasteiger partial charge on any atom is -0.493 e. The Morgan fingerprint density at radius 2 is 2.21 bits per heavy atom. The lowest BCUT2D eigenvalue weighted by Gasteiger charge is -2.05. The number of nitrogens with one attached hydrogen (secondary N) is 1. The van der Waals surface area contributed by atoms with Crippen LogP contribution in [0.25, 0.3) is 22.3 Å². The lowest BCUT2D eigenvalue weighted by atomic mass is 10.0. The Kier molecular flexibility index (Phi) is 2.00. The molecule has 0 bridgehead atoms. The predicted octanol–water partition coefficient (Wildman–Crippen LogP) is 1.54. The second-order valence-electron chi connectivity index (χ2n) is 4.48. The van der Waals surface area contributed by atoms with E-state index in [1.165, 1.54) is 5.56 Å². The summed E-state index contributed by atoms with van der Waals surface area (Å²) in [6.07, 6.45) is 2.64. The van der Waals surface area contributed by atoms with E-state index in [9.17, 15) is 0 Å². The molecule has 6 heteroatoms. The normalized spacial score (nSPS) is 13.5. The van der Waals surface area contributed by atoms with Crippen LogP contribution in [0.3, 0.4) is 0 Å². The zero-order chi connectivity index (χ0) is 12.8. The molecule has 0 fully saturated rings. The Hall–Kier alpha value is -2.63. The average Bonchev–Trinajstić information content (AvgIpc) is 3.04. The average molecular weight is 253 g/mol. The molecule has 6 nitrogen and oxygen atoms in total. The molecule has 0 saturated carbocycles. The molecule has 1 aliphatic heterocycles. The van der Waals surface area contributed by atoms with Crippen molar-refractivity contribution in [2.24, 2.45) is 0 Å². The third-order valence-corrected chi connectivity index (χ3v) is 3.29. The Labute approximate surface area is 108 Å². The molecule has 3 N–H and O–H groups in total. The fraction of sp³-hybridized carbons (Fsp3) is 0.154. The van der Waals surface area contributed by atoms with Crippen LogP contribution < -0.4 is 10.5 Å². The van der Waals surface area contributed by atoms with Crippen LogP contribution in [-0.4, -0.2) is 26.8 Å². The van der Waals surface area contributed by atoms with Crippen LogP contribution in [0.5, 0.6) is 5.75 Å². The standard InChI is InChI=1S/C13H11N5O/c14-13-16-11(9-6-15-18-12(9)17-13)8-1-2-10-7(5-8)3-4-19-10/h1-2,5-6H,3-4H2,(H3,14,15,16,17,18). The summed E-state index contributed by atoms with van der Waals surface area (Å²) >= 11 is 0. The van der Waals surface area contributed by atoms with Crippen LogP contribution in [0.15, 0.2) is 24.4 Å². The summed E-state index contributed by atoms with van der Waals surface area (Å²) in [5.41, 5.74) is 9.39. The fourth-order valence-electron chi connectivity index (χ4n) is 2.41. The molecule has 0 saturated heterocycles. The third-order valence-electron chi connectivity index (χ3n) is 3.29. The first-order valence-corrected chi connectivity index (χ1v) is 6.04. The summed E-state index contributed by atoms with van der Waals surface area (Å²) in [4.78, 5) is 8.45. The fourth-order valence-corrected chi connectivity index (χ4v) is 2.41. The van der Waals surface area contributed by atoms with Gasteiger partial charge in [0, 0.05) is 12.0 Å². The van der Waals surface area contributed by atoms with Crippen molar-refractivity contribution < 1.29 is 4.74 Å². The molecule has 4 rings (SSSR count). The number of H-pyrrole nitrogens is 1. The number of hydrogen-bond donors (Lipinski definition) is 2. The number of rotatable bonds is 1. The van der Waals surface area contributed by atoms with Crippen LogP contribution in [0.2, 0.25) is 0 Å². The first-order chi connectivity index (χ1) is 9.31. The van der Waals surface area contributed by atoms with Crippen molar-refractivity contribution in [1.29, 1.82) is 0 Å². The highest BCUT2D eigenvalue weighted by atomic mass is 16.5. The van der Waals surface area contributed by atoms with Gasteiger partial charge in [0.05, 0.1) is 23.9 Å². The SMILES string of the molecule is Nc1nc(-c2ccc3c(c2)CCO3)c2cn[nH]c2n1. The molecule has 1 aliphatic rings. The van der Waals surface area contributed by atoms with Crippen molar-refractivity contribution in [3.8, 4) is 17.0 Å². The number of nitrogens with zero attached hydrogens (tertiary/aromatic N) is 3. The number of nitrogens with two attached hydrogens (primary N) is 1. The molecular weight excluding hydrogens is 242 g/mol. The van der Waals surface area contributed by atoms with Crippen LogP contribution in [0.4, 0.5) is 5.95 Å². The number of ether oxygens (including phenoxy) is 1. The quantitative estimate of drug-likeness (QED) is 0.686. The molecule has 0 atom stereocenters. The van der Waals surface area contributed by atoms with Crippen LogP contribution in [0.1, 0.15) is 5.56 Å². The number of fused-ring (bicyclic) bond motifs is 2. The molecule has 2 aromatic heterocycles. The van der Waals surface area contributed by atoms with E-state index in [1.807, 2.05) is 12.1 Å². The van der Waals surface area contributed by atoms with Crippen molar-refractivity contribution in [3.63, 3.8) is 0 Å². The van der Waals surface area contributed by atoms with E-state index < -0.39 is 0 Å². The van der Waals surface area contributed by atoms with Crippen molar-refractivity contribution in [2.45, 2.75) is 6.42 Å². The molecule has 0 aliphatic carbocycles. The van der Waals surface area contributed by atoms with Gasteiger partial charge in [0.25, 0.3) is 0 Å². The van der Waals surface area contributed by atoms with Gasteiger partial charge in [-0.15, -0.1) is 0 Å².